The van der Waals surface area contributed by atoms with Gasteiger partial charge in [0.25, 0.3) is 0 Å². The SMILES string of the molecule is CCNC(=NCc1ccccc1CO)NCCC(C)C. The number of hydrogen-bond acceptors (Lipinski definition) is 2. The van der Waals surface area contributed by atoms with Gasteiger partial charge in [-0.15, -0.1) is 0 Å². The van der Waals surface area contributed by atoms with Crippen molar-refractivity contribution in [2.75, 3.05) is 13.1 Å². The van der Waals surface area contributed by atoms with E-state index in [1.54, 1.807) is 0 Å². The van der Waals surface area contributed by atoms with Crippen LogP contribution in [0.3, 0.4) is 0 Å². The van der Waals surface area contributed by atoms with Crippen LogP contribution in [0.5, 0.6) is 0 Å². The van der Waals surface area contributed by atoms with Gasteiger partial charge >= 0.3 is 0 Å². The second-order valence-corrected chi connectivity index (χ2v) is 5.23. The normalized spacial score (nSPS) is 11.8. The van der Waals surface area contributed by atoms with Gasteiger partial charge in [0.1, 0.15) is 0 Å². The van der Waals surface area contributed by atoms with Crippen LogP contribution in [0.25, 0.3) is 0 Å². The lowest BCUT2D eigenvalue weighted by Gasteiger charge is -2.13. The maximum absolute atomic E-state index is 9.31. The third-order valence-electron chi connectivity index (χ3n) is 3.05. The Morgan fingerprint density at radius 2 is 1.90 bits per heavy atom. The number of hydrogen-bond donors (Lipinski definition) is 3. The van der Waals surface area contributed by atoms with Crippen LogP contribution < -0.4 is 10.6 Å². The van der Waals surface area contributed by atoms with Gasteiger partial charge in [0.15, 0.2) is 5.96 Å². The van der Waals surface area contributed by atoms with Crippen LogP contribution in [0, 0.1) is 5.92 Å². The summed E-state index contributed by atoms with van der Waals surface area (Å²) in [6.07, 6.45) is 1.12. The summed E-state index contributed by atoms with van der Waals surface area (Å²) >= 11 is 0. The molecule has 0 saturated carbocycles. The minimum Gasteiger partial charge on any atom is -0.392 e. The van der Waals surface area contributed by atoms with Gasteiger partial charge in [0, 0.05) is 13.1 Å². The van der Waals surface area contributed by atoms with E-state index in [0.29, 0.717) is 12.5 Å². The highest BCUT2D eigenvalue weighted by Gasteiger charge is 2.02. The summed E-state index contributed by atoms with van der Waals surface area (Å²) in [5.74, 6) is 1.52. The first kappa shape index (κ1) is 16.5. The van der Waals surface area contributed by atoms with Crippen LogP contribution in [-0.2, 0) is 13.2 Å². The van der Waals surface area contributed by atoms with E-state index in [-0.39, 0.29) is 6.61 Å². The number of nitrogens with zero attached hydrogens (tertiary/aromatic N) is 1. The highest BCUT2D eigenvalue weighted by Crippen LogP contribution is 2.09. The highest BCUT2D eigenvalue weighted by molar-refractivity contribution is 5.79. The van der Waals surface area contributed by atoms with Crippen LogP contribution in [0.1, 0.15) is 38.3 Å². The fourth-order valence-corrected chi connectivity index (χ4v) is 1.85. The van der Waals surface area contributed by atoms with Gasteiger partial charge in [-0.25, -0.2) is 4.99 Å². The van der Waals surface area contributed by atoms with Gasteiger partial charge in [-0.2, -0.15) is 0 Å². The molecule has 0 saturated heterocycles. The summed E-state index contributed by atoms with van der Waals surface area (Å²) in [5, 5.41) is 15.9. The Hall–Kier alpha value is -1.55. The quantitative estimate of drug-likeness (QED) is 0.529. The Kier molecular flexibility index (Phi) is 7.73. The van der Waals surface area contributed by atoms with Gasteiger partial charge in [-0.3, -0.25) is 0 Å². The van der Waals surface area contributed by atoms with Crippen molar-refractivity contribution in [3.05, 3.63) is 35.4 Å². The first-order chi connectivity index (χ1) is 9.67. The molecule has 1 aromatic rings. The summed E-state index contributed by atoms with van der Waals surface area (Å²) < 4.78 is 0. The van der Waals surface area contributed by atoms with Crippen molar-refractivity contribution in [3.63, 3.8) is 0 Å². The van der Waals surface area contributed by atoms with Gasteiger partial charge < -0.3 is 15.7 Å². The average Bonchev–Trinajstić information content (AvgIpc) is 2.44. The van der Waals surface area contributed by atoms with Crippen LogP contribution in [-0.4, -0.2) is 24.2 Å². The number of guanidine groups is 1. The summed E-state index contributed by atoms with van der Waals surface area (Å²) in [5.41, 5.74) is 2.00. The van der Waals surface area contributed by atoms with Crippen LogP contribution in [0.4, 0.5) is 0 Å². The summed E-state index contributed by atoms with van der Waals surface area (Å²) in [4.78, 5) is 4.57. The first-order valence-electron chi connectivity index (χ1n) is 7.37. The molecule has 1 rings (SSSR count). The molecule has 0 aliphatic rings. The van der Waals surface area contributed by atoms with Crippen molar-refractivity contribution < 1.29 is 5.11 Å². The third kappa shape index (κ3) is 6.06. The average molecular weight is 277 g/mol. The Bertz CT molecular complexity index is 416. The first-order valence-corrected chi connectivity index (χ1v) is 7.37. The van der Waals surface area contributed by atoms with Crippen LogP contribution in [0.2, 0.25) is 0 Å². The highest BCUT2D eigenvalue weighted by atomic mass is 16.3. The maximum atomic E-state index is 9.31. The standard InChI is InChI=1S/C16H27N3O/c1-4-17-16(18-10-9-13(2)3)19-11-14-7-5-6-8-15(14)12-20/h5-8,13,20H,4,9-12H2,1-3H3,(H2,17,18,19). The van der Waals surface area contributed by atoms with E-state index < -0.39 is 0 Å². The predicted octanol–water partition coefficient (Wildman–Crippen LogP) is 2.28. The van der Waals surface area contributed by atoms with Crippen LogP contribution in [0.15, 0.2) is 29.3 Å². The molecule has 112 valence electrons. The Labute approximate surface area is 122 Å². The van der Waals surface area contributed by atoms with Crippen molar-refractivity contribution in [2.45, 2.75) is 40.3 Å². The number of rotatable bonds is 7. The molecule has 0 aliphatic carbocycles. The molecule has 0 fully saturated rings. The molecule has 0 bridgehead atoms. The van der Waals surface area contributed by atoms with Gasteiger partial charge in [0.2, 0.25) is 0 Å². The molecule has 4 heteroatoms. The lowest BCUT2D eigenvalue weighted by atomic mass is 10.1. The minimum absolute atomic E-state index is 0.0585. The monoisotopic (exact) mass is 277 g/mol. The number of aliphatic hydroxyl groups excluding tert-OH is 1. The zero-order chi connectivity index (χ0) is 14.8. The van der Waals surface area contributed by atoms with E-state index in [9.17, 15) is 5.11 Å². The number of aliphatic hydroxyl groups is 1. The fourth-order valence-electron chi connectivity index (χ4n) is 1.85. The summed E-state index contributed by atoms with van der Waals surface area (Å²) in [6.45, 7) is 8.88. The summed E-state index contributed by atoms with van der Waals surface area (Å²) in [6, 6.07) is 7.85. The fraction of sp³-hybridized carbons (Fsp3) is 0.562. The maximum Gasteiger partial charge on any atom is 0.191 e. The molecular formula is C16H27N3O. The molecule has 0 unspecified atom stereocenters. The molecule has 3 N–H and O–H groups in total. The molecule has 0 amide bonds. The minimum atomic E-state index is 0.0585. The molecule has 0 aromatic heterocycles. The van der Waals surface area contributed by atoms with E-state index in [1.807, 2.05) is 24.3 Å². The molecule has 0 heterocycles. The van der Waals surface area contributed by atoms with Crippen molar-refractivity contribution in [2.24, 2.45) is 10.9 Å². The Balaban J connectivity index is 2.61. The van der Waals surface area contributed by atoms with Gasteiger partial charge in [-0.05, 0) is 30.4 Å². The summed E-state index contributed by atoms with van der Waals surface area (Å²) in [7, 11) is 0. The molecule has 0 radical (unpaired) electrons. The molecule has 0 spiro atoms. The van der Waals surface area contributed by atoms with Crippen molar-refractivity contribution in [1.29, 1.82) is 0 Å². The van der Waals surface area contributed by atoms with Crippen molar-refractivity contribution >= 4 is 5.96 Å². The van der Waals surface area contributed by atoms with E-state index in [4.69, 9.17) is 0 Å². The second-order valence-electron chi connectivity index (χ2n) is 5.23. The topological polar surface area (TPSA) is 56.7 Å². The molecule has 1 aromatic carbocycles. The molecule has 4 nitrogen and oxygen atoms in total. The largest absolute Gasteiger partial charge is 0.392 e. The number of aliphatic imine (C=N–C) groups is 1. The molecule has 0 atom stereocenters. The zero-order valence-corrected chi connectivity index (χ0v) is 12.8. The Morgan fingerprint density at radius 3 is 2.50 bits per heavy atom. The predicted molar refractivity (Wildman–Crippen MR) is 84.6 cm³/mol. The number of benzene rings is 1. The zero-order valence-electron chi connectivity index (χ0n) is 12.8. The van der Waals surface area contributed by atoms with E-state index in [0.717, 1.165) is 36.6 Å². The smallest absolute Gasteiger partial charge is 0.191 e. The van der Waals surface area contributed by atoms with Crippen LogP contribution >= 0.6 is 0 Å². The molecule has 0 aliphatic heterocycles. The second kappa shape index (κ2) is 9.37. The third-order valence-corrected chi connectivity index (χ3v) is 3.05. The lowest BCUT2D eigenvalue weighted by Crippen LogP contribution is -2.38. The lowest BCUT2D eigenvalue weighted by molar-refractivity contribution is 0.280. The van der Waals surface area contributed by atoms with E-state index >= 15 is 0 Å². The molecular weight excluding hydrogens is 250 g/mol. The Morgan fingerprint density at radius 1 is 1.20 bits per heavy atom. The van der Waals surface area contributed by atoms with E-state index in [1.165, 1.54) is 0 Å². The van der Waals surface area contributed by atoms with Gasteiger partial charge in [-0.1, -0.05) is 38.1 Å². The van der Waals surface area contributed by atoms with E-state index in [2.05, 4.69) is 36.4 Å². The number of nitrogens with one attached hydrogen (secondary N) is 2. The molecule has 20 heavy (non-hydrogen) atoms. The van der Waals surface area contributed by atoms with Crippen molar-refractivity contribution in [3.8, 4) is 0 Å². The van der Waals surface area contributed by atoms with Crippen molar-refractivity contribution in [1.82, 2.24) is 10.6 Å². The van der Waals surface area contributed by atoms with Gasteiger partial charge in [0.05, 0.1) is 13.2 Å².